The second-order valence-electron chi connectivity index (χ2n) is 8.58. The van der Waals surface area contributed by atoms with Crippen LogP contribution in [0.25, 0.3) is 16.9 Å². The number of pyridine rings is 1. The number of hydrogen-bond acceptors (Lipinski definition) is 7. The van der Waals surface area contributed by atoms with Gasteiger partial charge < -0.3 is 20.5 Å². The summed E-state index contributed by atoms with van der Waals surface area (Å²) in [5.41, 5.74) is 1.12. The van der Waals surface area contributed by atoms with Crippen LogP contribution < -0.4 is 10.6 Å². The number of nitrogens with zero attached hydrogens (tertiary/aromatic N) is 4. The molecule has 1 aliphatic rings. The fourth-order valence-corrected chi connectivity index (χ4v) is 3.67. The Kier molecular flexibility index (Phi) is 6.78. The zero-order chi connectivity index (χ0) is 23.6. The van der Waals surface area contributed by atoms with E-state index < -0.39 is 17.7 Å². The summed E-state index contributed by atoms with van der Waals surface area (Å²) in [6.45, 7) is 3.65. The summed E-state index contributed by atoms with van der Waals surface area (Å²) in [5, 5.41) is 20.5. The van der Waals surface area contributed by atoms with Crippen LogP contribution in [-0.2, 0) is 4.74 Å². The number of alkyl halides is 1. The molecule has 1 aliphatic heterocycles. The Morgan fingerprint density at radius 3 is 2.82 bits per heavy atom. The molecule has 4 rings (SSSR count). The number of ether oxygens (including phenoxy) is 1. The van der Waals surface area contributed by atoms with Gasteiger partial charge in [0.15, 0.2) is 5.65 Å². The van der Waals surface area contributed by atoms with Gasteiger partial charge in [-0.25, -0.2) is 13.9 Å². The van der Waals surface area contributed by atoms with E-state index in [-0.39, 0.29) is 18.2 Å². The highest BCUT2D eigenvalue weighted by molar-refractivity contribution is 6.30. The maximum absolute atomic E-state index is 14.2. The Morgan fingerprint density at radius 1 is 1.33 bits per heavy atom. The highest BCUT2D eigenvalue weighted by Gasteiger charge is 2.27. The second-order valence-corrected chi connectivity index (χ2v) is 9.01. The van der Waals surface area contributed by atoms with Gasteiger partial charge in [0.2, 0.25) is 0 Å². The Labute approximate surface area is 195 Å². The van der Waals surface area contributed by atoms with Crippen LogP contribution in [0, 0.1) is 0 Å². The zero-order valence-electron chi connectivity index (χ0n) is 18.4. The first-order valence-corrected chi connectivity index (χ1v) is 11.1. The maximum atomic E-state index is 14.2. The average Bonchev–Trinajstić information content (AvgIpc) is 3.20. The number of carbonyl (C=O) groups excluding carboxylic acids is 1. The molecule has 3 N–H and O–H groups in total. The highest BCUT2D eigenvalue weighted by Crippen LogP contribution is 2.28. The summed E-state index contributed by atoms with van der Waals surface area (Å²) < 4.78 is 21.1. The van der Waals surface area contributed by atoms with E-state index in [1.807, 2.05) is 0 Å². The minimum Gasteiger partial charge on any atom is -0.387 e. The third-order valence-corrected chi connectivity index (χ3v) is 5.73. The van der Waals surface area contributed by atoms with E-state index in [1.165, 1.54) is 26.2 Å². The number of aliphatic hydroxyl groups is 1. The molecule has 3 aromatic heterocycles. The lowest BCUT2D eigenvalue weighted by Crippen LogP contribution is -2.42. The summed E-state index contributed by atoms with van der Waals surface area (Å²) in [7, 11) is 0. The fourth-order valence-electron chi connectivity index (χ4n) is 3.52. The normalized spacial score (nSPS) is 16.0. The van der Waals surface area contributed by atoms with Crippen LogP contribution in [0.5, 0.6) is 0 Å². The molecule has 1 saturated heterocycles. The summed E-state index contributed by atoms with van der Waals surface area (Å²) >= 11 is 6.00. The molecule has 11 heteroatoms. The molecule has 0 bridgehead atoms. The fraction of sp³-hybridized carbons (Fsp3) is 0.455. The molecule has 1 amide bonds. The number of rotatable bonds is 7. The maximum Gasteiger partial charge on any atom is 0.255 e. The Hall–Kier alpha value is -2.82. The van der Waals surface area contributed by atoms with Crippen molar-refractivity contribution in [2.45, 2.75) is 44.5 Å². The minimum absolute atomic E-state index is 0.117. The van der Waals surface area contributed by atoms with Gasteiger partial charge in [-0.05, 0) is 32.8 Å². The molecule has 1 atom stereocenters. The van der Waals surface area contributed by atoms with Crippen molar-refractivity contribution in [1.82, 2.24) is 24.9 Å². The van der Waals surface area contributed by atoms with Crippen LogP contribution in [0.1, 0.15) is 37.0 Å². The number of amides is 1. The largest absolute Gasteiger partial charge is 0.387 e. The monoisotopic (exact) mass is 476 g/mol. The molecule has 0 saturated carbocycles. The molecule has 1 unspecified atom stereocenters. The molecular formula is C22H26ClFN6O3. The van der Waals surface area contributed by atoms with Gasteiger partial charge in [0, 0.05) is 31.6 Å². The predicted octanol–water partition coefficient (Wildman–Crippen LogP) is 2.87. The van der Waals surface area contributed by atoms with E-state index in [2.05, 4.69) is 25.7 Å². The molecule has 3 aromatic rings. The van der Waals surface area contributed by atoms with Crippen LogP contribution in [0.2, 0.25) is 5.02 Å². The van der Waals surface area contributed by atoms with Crippen LogP contribution in [0.3, 0.4) is 0 Å². The van der Waals surface area contributed by atoms with Crippen molar-refractivity contribution in [2.75, 3.05) is 25.1 Å². The van der Waals surface area contributed by atoms with Crippen LogP contribution >= 0.6 is 11.6 Å². The molecular weight excluding hydrogens is 451 g/mol. The molecule has 33 heavy (non-hydrogen) atoms. The lowest BCUT2D eigenvalue weighted by atomic mass is 10.0. The number of hydrogen-bond donors (Lipinski definition) is 3. The summed E-state index contributed by atoms with van der Waals surface area (Å²) in [4.78, 5) is 21.7. The zero-order valence-corrected chi connectivity index (χ0v) is 19.1. The predicted molar refractivity (Wildman–Crippen MR) is 122 cm³/mol. The third-order valence-electron chi connectivity index (χ3n) is 5.54. The first-order valence-electron chi connectivity index (χ1n) is 10.7. The Morgan fingerprint density at radius 2 is 2.09 bits per heavy atom. The van der Waals surface area contributed by atoms with Crippen LogP contribution in [0.15, 0.2) is 30.9 Å². The number of halogens is 2. The number of aromatic nitrogens is 4. The molecule has 0 aliphatic carbocycles. The smallest absolute Gasteiger partial charge is 0.255 e. The topological polar surface area (TPSA) is 114 Å². The van der Waals surface area contributed by atoms with Gasteiger partial charge >= 0.3 is 0 Å². The van der Waals surface area contributed by atoms with Crippen molar-refractivity contribution in [3.05, 3.63) is 41.4 Å². The van der Waals surface area contributed by atoms with E-state index in [1.54, 1.807) is 23.0 Å². The molecule has 0 spiro atoms. The van der Waals surface area contributed by atoms with Gasteiger partial charge in [-0.2, -0.15) is 5.10 Å². The van der Waals surface area contributed by atoms with Crippen molar-refractivity contribution in [1.29, 1.82) is 0 Å². The van der Waals surface area contributed by atoms with E-state index >= 15 is 0 Å². The second kappa shape index (κ2) is 9.58. The minimum atomic E-state index is -1.61. The van der Waals surface area contributed by atoms with Gasteiger partial charge in [0.05, 0.1) is 52.1 Å². The third kappa shape index (κ3) is 5.40. The summed E-state index contributed by atoms with van der Waals surface area (Å²) in [6.07, 6.45) is 6.23. The average molecular weight is 477 g/mol. The SMILES string of the molecule is CC(C)(O)C(F)CNC(=O)c1cnc(-c2cnn3cc(Cl)cnc23)cc1NC1CCOCC1. The van der Waals surface area contributed by atoms with Crippen molar-refractivity contribution in [3.8, 4) is 11.3 Å². The van der Waals surface area contributed by atoms with E-state index in [0.717, 1.165) is 12.8 Å². The van der Waals surface area contributed by atoms with Gasteiger partial charge in [0.1, 0.15) is 6.17 Å². The molecule has 4 heterocycles. The van der Waals surface area contributed by atoms with E-state index in [9.17, 15) is 14.3 Å². The Bertz CT molecular complexity index is 1140. The van der Waals surface area contributed by atoms with E-state index in [4.69, 9.17) is 16.3 Å². The van der Waals surface area contributed by atoms with Crippen molar-refractivity contribution in [3.63, 3.8) is 0 Å². The van der Waals surface area contributed by atoms with E-state index in [0.29, 0.717) is 40.8 Å². The standard InChI is InChI=1S/C22H26ClFN6O3/c1-22(2,32)19(24)11-27-21(31)16-9-25-17(7-18(16)29-14-3-5-33-6-4-14)15-10-28-30-12-13(23)8-26-20(15)30/h7-10,12,14,19,32H,3-6,11H2,1-2H3,(H,25,29)(H,27,31). The van der Waals surface area contributed by atoms with Gasteiger partial charge in [-0.15, -0.1) is 0 Å². The van der Waals surface area contributed by atoms with Gasteiger partial charge in [0.25, 0.3) is 5.91 Å². The molecule has 0 aromatic carbocycles. The highest BCUT2D eigenvalue weighted by atomic mass is 35.5. The molecule has 1 fully saturated rings. The van der Waals surface area contributed by atoms with Gasteiger partial charge in [-0.1, -0.05) is 11.6 Å². The van der Waals surface area contributed by atoms with Crippen LogP contribution in [0.4, 0.5) is 10.1 Å². The first kappa shape index (κ1) is 23.3. The van der Waals surface area contributed by atoms with Crippen molar-refractivity contribution < 1.29 is 19.0 Å². The quantitative estimate of drug-likeness (QED) is 0.480. The number of fused-ring (bicyclic) bond motifs is 1. The number of anilines is 1. The summed E-state index contributed by atoms with van der Waals surface area (Å²) in [6, 6.07) is 1.88. The summed E-state index contributed by atoms with van der Waals surface area (Å²) in [5.74, 6) is -0.486. The van der Waals surface area contributed by atoms with Gasteiger partial charge in [-0.3, -0.25) is 9.78 Å². The number of nitrogens with one attached hydrogen (secondary N) is 2. The lowest BCUT2D eigenvalue weighted by molar-refractivity contribution is -0.00177. The van der Waals surface area contributed by atoms with Crippen LogP contribution in [-0.4, -0.2) is 68.2 Å². The molecule has 0 radical (unpaired) electrons. The molecule has 176 valence electrons. The number of carbonyl (C=O) groups is 1. The first-order chi connectivity index (χ1) is 15.7. The van der Waals surface area contributed by atoms with Crippen molar-refractivity contribution in [2.24, 2.45) is 0 Å². The Balaban J connectivity index is 1.64. The lowest BCUT2D eigenvalue weighted by Gasteiger charge is -2.26. The molecule has 9 nitrogen and oxygen atoms in total. The van der Waals surface area contributed by atoms with Crippen molar-refractivity contribution >= 4 is 28.8 Å².